The number of nitrogens with two attached hydrogens (primary N) is 2. The lowest BCUT2D eigenvalue weighted by Crippen LogP contribution is -2.20. The number of nitrogens with one attached hydrogen (secondary N) is 1. The summed E-state index contributed by atoms with van der Waals surface area (Å²) in [5.74, 6) is 0. The van der Waals surface area contributed by atoms with Crippen LogP contribution in [-0.2, 0) is 14.2 Å². The Bertz CT molecular complexity index is 301. The van der Waals surface area contributed by atoms with Crippen LogP contribution in [0, 0.1) is 0 Å². The number of aliphatic imine (C=N–C) groups is 1. The van der Waals surface area contributed by atoms with Crippen LogP contribution in [0.15, 0.2) is 4.99 Å². The van der Waals surface area contributed by atoms with Crippen LogP contribution in [0.2, 0.25) is 0 Å². The molecule has 0 aliphatic carbocycles. The van der Waals surface area contributed by atoms with Crippen molar-refractivity contribution in [3.05, 3.63) is 0 Å². The molecule has 0 rings (SSSR count). The van der Waals surface area contributed by atoms with Crippen molar-refractivity contribution in [1.82, 2.24) is 5.32 Å². The molecule has 0 fully saturated rings. The van der Waals surface area contributed by atoms with Gasteiger partial charge in [-0.1, -0.05) is 0 Å². The van der Waals surface area contributed by atoms with Gasteiger partial charge in [-0.05, 0) is 25.8 Å². The average Bonchev–Trinajstić information content (AvgIpc) is 2.55. The van der Waals surface area contributed by atoms with Crippen LogP contribution in [0.3, 0.4) is 0 Å². The topological polar surface area (TPSA) is 107 Å². The summed E-state index contributed by atoms with van der Waals surface area (Å²) in [6, 6.07) is 0. The van der Waals surface area contributed by atoms with E-state index in [1.807, 2.05) is 17.8 Å². The van der Waals surface area contributed by atoms with Gasteiger partial charge in [0.25, 0.3) is 0 Å². The molecule has 0 radical (unpaired) electrons. The minimum absolute atomic E-state index is 0.310. The lowest BCUT2D eigenvalue weighted by Gasteiger charge is -2.05. The van der Waals surface area contributed by atoms with Gasteiger partial charge >= 0.3 is 0 Å². The normalized spacial score (nSPS) is 12.4. The summed E-state index contributed by atoms with van der Waals surface area (Å²) >= 11 is 0. The fraction of sp³-hybridized carbons (Fsp3) is 0.867. The Kier molecular flexibility index (Phi) is 18.4. The summed E-state index contributed by atoms with van der Waals surface area (Å²) < 4.78 is 17.7. The predicted molar refractivity (Wildman–Crippen MR) is 93.2 cm³/mol. The summed E-state index contributed by atoms with van der Waals surface area (Å²) in [4.78, 5) is 4.24. The van der Waals surface area contributed by atoms with Crippen LogP contribution in [0.1, 0.15) is 19.3 Å². The first-order chi connectivity index (χ1) is 11.3. The summed E-state index contributed by atoms with van der Waals surface area (Å²) in [5.41, 5.74) is 10.6. The first-order valence-corrected chi connectivity index (χ1v) is 8.19. The number of rotatable bonds is 17. The zero-order valence-electron chi connectivity index (χ0n) is 14.4. The third-order valence-electron chi connectivity index (χ3n) is 2.81. The zero-order chi connectivity index (χ0) is 17.0. The number of hydrogen-bond acceptors (Lipinski definition) is 7. The van der Waals surface area contributed by atoms with Crippen molar-refractivity contribution in [3.8, 4) is 0 Å². The number of nitrogens with zero attached hydrogens (tertiary/aromatic N) is 2. The van der Waals surface area contributed by atoms with Gasteiger partial charge < -0.3 is 25.7 Å². The molecule has 0 aromatic carbocycles. The second kappa shape index (κ2) is 19.1. The van der Waals surface area contributed by atoms with E-state index in [0.717, 1.165) is 32.4 Å². The van der Waals surface area contributed by atoms with E-state index in [1.165, 1.54) is 0 Å². The number of ether oxygens (including phenoxy) is 3. The Morgan fingerprint density at radius 3 is 2.70 bits per heavy atom. The van der Waals surface area contributed by atoms with Gasteiger partial charge in [-0.15, -0.1) is 0 Å². The molecule has 0 aliphatic rings. The molecule has 0 spiro atoms. The monoisotopic (exact) mass is 332 g/mol. The smallest absolute Gasteiger partial charge is 0.247 e. The Morgan fingerprint density at radius 1 is 1.04 bits per heavy atom. The van der Waals surface area contributed by atoms with Crippen molar-refractivity contribution in [2.45, 2.75) is 19.3 Å². The lowest BCUT2D eigenvalue weighted by atomic mass is 10.2. The van der Waals surface area contributed by atoms with Crippen LogP contribution >= 0.6 is 0 Å². The summed E-state index contributed by atoms with van der Waals surface area (Å²) in [6.07, 6.45) is 6.92. The Morgan fingerprint density at radius 2 is 1.91 bits per heavy atom. The molecule has 23 heavy (non-hydrogen) atoms. The molecular weight excluding hydrogens is 298 g/mol. The van der Waals surface area contributed by atoms with Gasteiger partial charge in [0.05, 0.1) is 39.4 Å². The van der Waals surface area contributed by atoms with Gasteiger partial charge in [-0.3, -0.25) is 10.3 Å². The first kappa shape index (κ1) is 22.1. The minimum atomic E-state index is 0.310. The highest BCUT2D eigenvalue weighted by Crippen LogP contribution is 1.93. The molecular formula is C15H34N5O3+. The maximum absolute atomic E-state index is 5.43. The number of unbranched alkanes of at least 4 members (excludes halogenated alkanes) is 2. The average molecular weight is 332 g/mol. The van der Waals surface area contributed by atoms with Gasteiger partial charge in [0.1, 0.15) is 7.05 Å². The largest absolute Gasteiger partial charge is 0.367 e. The molecule has 136 valence electrons. The SMILES string of the molecule is C/[N+](=C/C=NCCOCNCCCCCOCN)COCCN. The molecule has 0 aromatic rings. The first-order valence-electron chi connectivity index (χ1n) is 8.19. The van der Waals surface area contributed by atoms with Crippen LogP contribution in [-0.4, -0.2) is 83.7 Å². The fourth-order valence-electron chi connectivity index (χ4n) is 1.62. The Balaban J connectivity index is 3.26. The minimum Gasteiger partial charge on any atom is -0.367 e. The van der Waals surface area contributed by atoms with E-state index >= 15 is 0 Å². The van der Waals surface area contributed by atoms with Crippen LogP contribution < -0.4 is 16.8 Å². The number of hydrogen-bond donors (Lipinski definition) is 3. The van der Waals surface area contributed by atoms with Crippen molar-refractivity contribution < 1.29 is 18.8 Å². The molecule has 0 amide bonds. The zero-order valence-corrected chi connectivity index (χ0v) is 14.4. The second-order valence-corrected chi connectivity index (χ2v) is 4.98. The van der Waals surface area contributed by atoms with E-state index in [9.17, 15) is 0 Å². The van der Waals surface area contributed by atoms with E-state index < -0.39 is 0 Å². The molecule has 0 atom stereocenters. The van der Waals surface area contributed by atoms with Crippen molar-refractivity contribution in [2.75, 3.05) is 66.7 Å². The van der Waals surface area contributed by atoms with E-state index in [1.54, 1.807) is 6.21 Å². The summed E-state index contributed by atoms with van der Waals surface area (Å²) in [7, 11) is 1.92. The third-order valence-corrected chi connectivity index (χ3v) is 2.81. The van der Waals surface area contributed by atoms with Crippen molar-refractivity contribution in [3.63, 3.8) is 0 Å². The predicted octanol–water partition coefficient (Wildman–Crippen LogP) is -0.630. The van der Waals surface area contributed by atoms with Gasteiger partial charge in [-0.25, -0.2) is 4.58 Å². The Hall–Kier alpha value is -0.900. The molecule has 5 N–H and O–H groups in total. The third kappa shape index (κ3) is 19.1. The van der Waals surface area contributed by atoms with Crippen molar-refractivity contribution >= 4 is 12.4 Å². The van der Waals surface area contributed by atoms with Crippen LogP contribution in [0.25, 0.3) is 0 Å². The van der Waals surface area contributed by atoms with Gasteiger partial charge in [0.2, 0.25) is 6.73 Å². The molecule has 0 aliphatic heterocycles. The molecule has 0 saturated heterocycles. The maximum Gasteiger partial charge on any atom is 0.247 e. The van der Waals surface area contributed by atoms with Gasteiger partial charge in [0.15, 0.2) is 6.21 Å². The fourth-order valence-corrected chi connectivity index (χ4v) is 1.62. The molecule has 8 heteroatoms. The summed E-state index contributed by atoms with van der Waals surface area (Å²) in [5, 5.41) is 3.23. The van der Waals surface area contributed by atoms with E-state index in [4.69, 9.17) is 25.7 Å². The van der Waals surface area contributed by atoms with Crippen LogP contribution in [0.4, 0.5) is 0 Å². The lowest BCUT2D eigenvalue weighted by molar-refractivity contribution is -0.535. The molecule has 8 nitrogen and oxygen atoms in total. The standard InChI is InChI=1S/C15H34N5O3/c1-20(15-23-11-5-16)9-7-18-8-12-22-14-19-6-3-2-4-10-21-13-17/h7,9,19H,2-6,8,10-17H2,1H3/q+1/b18-7?,20-9-. The second-order valence-electron chi connectivity index (χ2n) is 4.98. The quantitative estimate of drug-likeness (QED) is 0.142. The Labute approximate surface area is 139 Å². The summed E-state index contributed by atoms with van der Waals surface area (Å²) in [6.45, 7) is 5.44. The highest BCUT2D eigenvalue weighted by atomic mass is 16.5. The maximum atomic E-state index is 5.43. The van der Waals surface area contributed by atoms with Gasteiger partial charge in [-0.2, -0.15) is 0 Å². The van der Waals surface area contributed by atoms with E-state index in [-0.39, 0.29) is 0 Å². The van der Waals surface area contributed by atoms with E-state index in [2.05, 4.69) is 10.3 Å². The highest BCUT2D eigenvalue weighted by molar-refractivity contribution is 6.13. The van der Waals surface area contributed by atoms with Crippen molar-refractivity contribution in [2.24, 2.45) is 16.5 Å². The van der Waals surface area contributed by atoms with Crippen molar-refractivity contribution in [1.29, 1.82) is 0 Å². The highest BCUT2D eigenvalue weighted by Gasteiger charge is 1.93. The molecule has 0 aromatic heterocycles. The molecule has 0 saturated carbocycles. The molecule has 0 unspecified atom stereocenters. The molecule has 0 heterocycles. The molecule has 0 bridgehead atoms. The van der Waals surface area contributed by atoms with Gasteiger partial charge in [0, 0.05) is 13.2 Å². The van der Waals surface area contributed by atoms with Crippen LogP contribution in [0.5, 0.6) is 0 Å². The van der Waals surface area contributed by atoms with E-state index in [0.29, 0.717) is 46.5 Å².